The number of benzene rings is 1. The average molecular weight is 400 g/mol. The van der Waals surface area contributed by atoms with Gasteiger partial charge in [0.2, 0.25) is 5.91 Å². The van der Waals surface area contributed by atoms with Gasteiger partial charge in [0.1, 0.15) is 0 Å². The summed E-state index contributed by atoms with van der Waals surface area (Å²) in [6.45, 7) is 1.47. The number of likely N-dealkylation sites (tertiary alicyclic amines) is 1. The normalized spacial score (nSPS) is 16.3. The van der Waals surface area contributed by atoms with Crippen LogP contribution in [0.5, 0.6) is 0 Å². The van der Waals surface area contributed by atoms with Crippen molar-refractivity contribution in [2.45, 2.75) is 12.3 Å². The monoisotopic (exact) mass is 399 g/mol. The first-order valence-electron chi connectivity index (χ1n) is 8.77. The van der Waals surface area contributed by atoms with Crippen LogP contribution in [0.1, 0.15) is 29.3 Å². The Morgan fingerprint density at radius 3 is 2.39 bits per heavy atom. The zero-order chi connectivity index (χ0) is 19.1. The van der Waals surface area contributed by atoms with E-state index >= 15 is 0 Å². The number of amides is 2. The third-order valence-corrected chi connectivity index (χ3v) is 4.48. The summed E-state index contributed by atoms with van der Waals surface area (Å²) in [6.07, 6.45) is 6.82. The van der Waals surface area contributed by atoms with Crippen molar-refractivity contribution in [3.8, 4) is 0 Å². The van der Waals surface area contributed by atoms with Gasteiger partial charge in [0.15, 0.2) is 0 Å². The average Bonchev–Trinajstić information content (AvgIpc) is 3.21. The lowest BCUT2D eigenvalue weighted by molar-refractivity contribution is -0.125. The van der Waals surface area contributed by atoms with Crippen LogP contribution in [0.25, 0.3) is 12.2 Å². The Morgan fingerprint density at radius 2 is 1.71 bits per heavy atom. The molecule has 1 unspecified atom stereocenters. The lowest BCUT2D eigenvalue weighted by Crippen LogP contribution is -2.26. The first kappa shape index (κ1) is 21.3. The molecule has 1 fully saturated rings. The predicted molar refractivity (Wildman–Crippen MR) is 110 cm³/mol. The number of pyridine rings is 1. The van der Waals surface area contributed by atoms with E-state index in [4.69, 9.17) is 5.21 Å². The molecule has 7 heteroatoms. The number of halogens is 1. The quantitative estimate of drug-likeness (QED) is 0.460. The SMILES string of the molecule is Cl.O=C(/C=C/c1cccc(/C=C/C(=O)N2CCC(c3ccccc3)C2)n1)NO. The minimum absolute atomic E-state index is 0. The molecule has 2 N–H and O–H groups in total. The van der Waals surface area contributed by atoms with Gasteiger partial charge in [-0.15, -0.1) is 12.4 Å². The van der Waals surface area contributed by atoms with Crippen molar-refractivity contribution in [3.63, 3.8) is 0 Å². The van der Waals surface area contributed by atoms with Crippen molar-refractivity contribution >= 4 is 36.4 Å². The first-order chi connectivity index (χ1) is 13.2. The van der Waals surface area contributed by atoms with Gasteiger partial charge in [-0.25, -0.2) is 10.5 Å². The fourth-order valence-corrected chi connectivity index (χ4v) is 3.07. The topological polar surface area (TPSA) is 82.5 Å². The van der Waals surface area contributed by atoms with E-state index in [9.17, 15) is 9.59 Å². The molecule has 1 aromatic carbocycles. The summed E-state index contributed by atoms with van der Waals surface area (Å²) in [5.74, 6) is -0.279. The van der Waals surface area contributed by atoms with E-state index in [1.807, 2.05) is 23.1 Å². The highest BCUT2D eigenvalue weighted by Crippen LogP contribution is 2.27. The van der Waals surface area contributed by atoms with Crippen LogP contribution in [0.4, 0.5) is 0 Å². The van der Waals surface area contributed by atoms with Gasteiger partial charge in [0.05, 0.1) is 11.4 Å². The van der Waals surface area contributed by atoms with E-state index in [0.717, 1.165) is 19.5 Å². The van der Waals surface area contributed by atoms with Crippen molar-refractivity contribution in [2.24, 2.45) is 0 Å². The van der Waals surface area contributed by atoms with Crippen molar-refractivity contribution in [1.29, 1.82) is 0 Å². The zero-order valence-electron chi connectivity index (χ0n) is 15.2. The number of carbonyl (C=O) groups is 2. The fourth-order valence-electron chi connectivity index (χ4n) is 3.07. The summed E-state index contributed by atoms with van der Waals surface area (Å²) < 4.78 is 0. The van der Waals surface area contributed by atoms with Crippen molar-refractivity contribution in [1.82, 2.24) is 15.4 Å². The van der Waals surface area contributed by atoms with Crippen LogP contribution in [-0.4, -0.2) is 40.0 Å². The standard InChI is InChI=1S/C21H21N3O3.ClH/c25-20(23-27)11-9-18-7-4-8-19(22-18)10-12-21(26)24-14-13-17(15-24)16-5-2-1-3-6-16;/h1-12,17,27H,13-15H2,(H,23,25);1H/b11-9+,12-10+;. The number of carbonyl (C=O) groups excluding carboxylic acids is 2. The molecule has 1 atom stereocenters. The number of rotatable bonds is 5. The lowest BCUT2D eigenvalue weighted by Gasteiger charge is -2.14. The molecule has 2 heterocycles. The predicted octanol–water partition coefficient (Wildman–Crippen LogP) is 3.05. The lowest BCUT2D eigenvalue weighted by atomic mass is 9.99. The van der Waals surface area contributed by atoms with Crippen LogP contribution in [0.15, 0.2) is 60.7 Å². The molecular formula is C21H22ClN3O3. The molecule has 0 aliphatic carbocycles. The molecule has 28 heavy (non-hydrogen) atoms. The van der Waals surface area contributed by atoms with Gasteiger partial charge >= 0.3 is 0 Å². The summed E-state index contributed by atoms with van der Waals surface area (Å²) >= 11 is 0. The smallest absolute Gasteiger partial charge is 0.267 e. The first-order valence-corrected chi connectivity index (χ1v) is 8.77. The zero-order valence-corrected chi connectivity index (χ0v) is 16.0. The van der Waals surface area contributed by atoms with Gasteiger partial charge in [0.25, 0.3) is 5.91 Å². The molecule has 2 aromatic rings. The largest absolute Gasteiger partial charge is 0.339 e. The molecule has 0 saturated carbocycles. The summed E-state index contributed by atoms with van der Waals surface area (Å²) in [7, 11) is 0. The molecule has 0 radical (unpaired) electrons. The molecule has 1 aliphatic rings. The van der Waals surface area contributed by atoms with Gasteiger partial charge in [0, 0.05) is 31.2 Å². The highest BCUT2D eigenvalue weighted by atomic mass is 35.5. The van der Waals surface area contributed by atoms with E-state index in [2.05, 4.69) is 17.1 Å². The van der Waals surface area contributed by atoms with Crippen LogP contribution in [0.2, 0.25) is 0 Å². The number of aromatic nitrogens is 1. The third-order valence-electron chi connectivity index (χ3n) is 4.48. The second kappa shape index (κ2) is 10.4. The minimum atomic E-state index is -0.630. The number of hydrogen-bond acceptors (Lipinski definition) is 4. The fraction of sp³-hybridized carbons (Fsp3) is 0.190. The Morgan fingerprint density at radius 1 is 1.04 bits per heavy atom. The Labute approximate surface area is 170 Å². The van der Waals surface area contributed by atoms with Gasteiger partial charge in [-0.3, -0.25) is 14.8 Å². The Balaban J connectivity index is 0.00000280. The number of hydroxylamine groups is 1. The Kier molecular flexibility index (Phi) is 7.92. The van der Waals surface area contributed by atoms with Gasteiger partial charge < -0.3 is 4.90 Å². The molecule has 1 saturated heterocycles. The van der Waals surface area contributed by atoms with E-state index < -0.39 is 5.91 Å². The van der Waals surface area contributed by atoms with Gasteiger partial charge in [-0.2, -0.15) is 0 Å². The molecule has 1 aromatic heterocycles. The minimum Gasteiger partial charge on any atom is -0.339 e. The van der Waals surface area contributed by atoms with E-state index in [0.29, 0.717) is 17.3 Å². The number of nitrogens with zero attached hydrogens (tertiary/aromatic N) is 2. The van der Waals surface area contributed by atoms with Gasteiger partial charge in [-0.05, 0) is 36.3 Å². The van der Waals surface area contributed by atoms with Crippen molar-refractivity contribution in [2.75, 3.05) is 13.1 Å². The maximum Gasteiger partial charge on any atom is 0.267 e. The molecule has 6 nitrogen and oxygen atoms in total. The molecule has 146 valence electrons. The van der Waals surface area contributed by atoms with E-state index in [1.165, 1.54) is 29.3 Å². The molecular weight excluding hydrogens is 378 g/mol. The molecule has 1 aliphatic heterocycles. The highest BCUT2D eigenvalue weighted by Gasteiger charge is 2.25. The van der Waals surface area contributed by atoms with Crippen LogP contribution in [-0.2, 0) is 9.59 Å². The van der Waals surface area contributed by atoms with E-state index in [-0.39, 0.29) is 18.3 Å². The second-order valence-corrected chi connectivity index (χ2v) is 6.31. The summed E-state index contributed by atoms with van der Waals surface area (Å²) in [6, 6.07) is 15.6. The second-order valence-electron chi connectivity index (χ2n) is 6.31. The third kappa shape index (κ3) is 5.77. The number of nitrogens with one attached hydrogen (secondary N) is 1. The molecule has 3 rings (SSSR count). The highest BCUT2D eigenvalue weighted by molar-refractivity contribution is 5.92. The summed E-state index contributed by atoms with van der Waals surface area (Å²) in [5, 5.41) is 8.48. The maximum absolute atomic E-state index is 12.5. The Hall–Kier alpha value is -2.96. The van der Waals surface area contributed by atoms with Crippen LogP contribution >= 0.6 is 12.4 Å². The summed E-state index contributed by atoms with van der Waals surface area (Å²) in [5.41, 5.74) is 3.96. The van der Waals surface area contributed by atoms with Crippen LogP contribution < -0.4 is 5.48 Å². The number of hydrogen-bond donors (Lipinski definition) is 2. The van der Waals surface area contributed by atoms with Crippen molar-refractivity contribution in [3.05, 3.63) is 77.6 Å². The molecule has 0 spiro atoms. The van der Waals surface area contributed by atoms with Gasteiger partial charge in [-0.1, -0.05) is 36.4 Å². The molecule has 0 bridgehead atoms. The van der Waals surface area contributed by atoms with Crippen LogP contribution in [0.3, 0.4) is 0 Å². The Bertz CT molecular complexity index is 868. The van der Waals surface area contributed by atoms with Crippen LogP contribution in [0, 0.1) is 0 Å². The maximum atomic E-state index is 12.5. The summed E-state index contributed by atoms with van der Waals surface area (Å²) in [4.78, 5) is 29.7. The molecule has 2 amide bonds. The van der Waals surface area contributed by atoms with Crippen molar-refractivity contribution < 1.29 is 14.8 Å². The van der Waals surface area contributed by atoms with E-state index in [1.54, 1.807) is 24.3 Å².